The van der Waals surface area contributed by atoms with Crippen molar-refractivity contribution >= 4 is 37.4 Å². The molecule has 0 fully saturated rings. The molecule has 0 aliphatic carbocycles. The Labute approximate surface area is 82.2 Å². The van der Waals surface area contributed by atoms with Crippen molar-refractivity contribution in [3.05, 3.63) is 33.4 Å². The number of aryl methyl sites for hydroxylation is 1. The highest BCUT2D eigenvalue weighted by Crippen LogP contribution is 2.31. The Morgan fingerprint density at radius 2 is 2.17 bits per heavy atom. The molecule has 1 aromatic carbocycles. The molecule has 0 saturated carbocycles. The Morgan fingerprint density at radius 3 is 2.92 bits per heavy atom. The number of hydrogen-bond donors (Lipinski definition) is 0. The first-order valence-corrected chi connectivity index (χ1v) is 5.13. The molecule has 62 valence electrons. The van der Waals surface area contributed by atoms with Crippen LogP contribution >= 0.6 is 27.3 Å². The molecule has 1 aromatic heterocycles. The second kappa shape index (κ2) is 2.82. The zero-order chi connectivity index (χ0) is 8.72. The summed E-state index contributed by atoms with van der Waals surface area (Å²) in [4.78, 5) is 1.14. The van der Waals surface area contributed by atoms with Crippen LogP contribution in [0.1, 0.15) is 4.88 Å². The maximum Gasteiger partial charge on any atom is 0.155 e. The van der Waals surface area contributed by atoms with Crippen LogP contribution in [0.15, 0.2) is 22.7 Å². The van der Waals surface area contributed by atoms with Gasteiger partial charge in [0, 0.05) is 4.88 Å². The van der Waals surface area contributed by atoms with Crippen molar-refractivity contribution in [1.29, 1.82) is 0 Å². The number of halogens is 2. The van der Waals surface area contributed by atoms with Crippen molar-refractivity contribution in [2.24, 2.45) is 0 Å². The van der Waals surface area contributed by atoms with Gasteiger partial charge in [0.2, 0.25) is 0 Å². The van der Waals surface area contributed by atoms with E-state index >= 15 is 0 Å². The number of rotatable bonds is 0. The van der Waals surface area contributed by atoms with E-state index < -0.39 is 0 Å². The van der Waals surface area contributed by atoms with Crippen LogP contribution in [-0.2, 0) is 0 Å². The van der Waals surface area contributed by atoms with E-state index in [9.17, 15) is 4.39 Å². The molecule has 0 bridgehead atoms. The first-order valence-electron chi connectivity index (χ1n) is 3.52. The summed E-state index contributed by atoms with van der Waals surface area (Å²) >= 11 is 4.65. The van der Waals surface area contributed by atoms with Crippen molar-refractivity contribution in [2.75, 3.05) is 0 Å². The topological polar surface area (TPSA) is 0 Å². The van der Waals surface area contributed by atoms with Crippen LogP contribution in [0, 0.1) is 12.7 Å². The van der Waals surface area contributed by atoms with Gasteiger partial charge in [-0.3, -0.25) is 0 Å². The van der Waals surface area contributed by atoms with Crippen LogP contribution < -0.4 is 0 Å². The smallest absolute Gasteiger partial charge is 0.155 e. The van der Waals surface area contributed by atoms with E-state index in [1.54, 1.807) is 6.07 Å². The normalized spacial score (nSPS) is 10.9. The lowest BCUT2D eigenvalue weighted by Gasteiger charge is -1.93. The summed E-state index contributed by atoms with van der Waals surface area (Å²) in [6.07, 6.45) is 0. The zero-order valence-electron chi connectivity index (χ0n) is 6.40. The van der Waals surface area contributed by atoms with E-state index in [-0.39, 0.29) is 5.82 Å². The highest BCUT2D eigenvalue weighted by molar-refractivity contribution is 9.10. The predicted octanol–water partition coefficient (Wildman–Crippen LogP) is 4.11. The van der Waals surface area contributed by atoms with Crippen molar-refractivity contribution in [3.8, 4) is 0 Å². The lowest BCUT2D eigenvalue weighted by Crippen LogP contribution is -1.74. The Bertz CT molecular complexity index is 433. The van der Waals surface area contributed by atoms with Crippen LogP contribution in [0.2, 0.25) is 0 Å². The Kier molecular flexibility index (Phi) is 1.93. The maximum absolute atomic E-state index is 13.4. The third-order valence-corrected chi connectivity index (χ3v) is 3.37. The van der Waals surface area contributed by atoms with E-state index in [1.807, 2.05) is 19.1 Å². The van der Waals surface area contributed by atoms with Crippen molar-refractivity contribution in [2.45, 2.75) is 6.92 Å². The van der Waals surface area contributed by atoms with Gasteiger partial charge in [-0.15, -0.1) is 11.3 Å². The SMILES string of the molecule is Cc1cc2ccc(Br)c(F)c2s1. The van der Waals surface area contributed by atoms with E-state index in [0.717, 1.165) is 15.0 Å². The quantitative estimate of drug-likeness (QED) is 0.655. The molecule has 0 unspecified atom stereocenters. The molecular formula is C9H6BrFS. The van der Waals surface area contributed by atoms with Crippen LogP contribution in [-0.4, -0.2) is 0 Å². The lowest BCUT2D eigenvalue weighted by atomic mass is 10.2. The van der Waals surface area contributed by atoms with E-state index in [4.69, 9.17) is 0 Å². The van der Waals surface area contributed by atoms with Gasteiger partial charge >= 0.3 is 0 Å². The molecule has 0 nitrogen and oxygen atoms in total. The van der Waals surface area contributed by atoms with E-state index in [1.165, 1.54) is 11.3 Å². The summed E-state index contributed by atoms with van der Waals surface area (Å²) in [6, 6.07) is 5.66. The number of hydrogen-bond acceptors (Lipinski definition) is 1. The van der Waals surface area contributed by atoms with Gasteiger partial charge in [-0.05, 0) is 40.4 Å². The largest absolute Gasteiger partial charge is 0.204 e. The molecule has 0 aliphatic heterocycles. The molecule has 2 aromatic rings. The third-order valence-electron chi connectivity index (χ3n) is 1.70. The lowest BCUT2D eigenvalue weighted by molar-refractivity contribution is 0.635. The standard InChI is InChI=1S/C9H6BrFS/c1-5-4-6-2-3-7(10)8(11)9(6)12-5/h2-4H,1H3. The molecule has 3 heteroatoms. The van der Waals surface area contributed by atoms with Crippen LogP contribution in [0.5, 0.6) is 0 Å². The van der Waals surface area contributed by atoms with Crippen molar-refractivity contribution < 1.29 is 4.39 Å². The van der Waals surface area contributed by atoms with Crippen LogP contribution in [0.3, 0.4) is 0 Å². The fourth-order valence-corrected chi connectivity index (χ4v) is 2.59. The molecular weight excluding hydrogens is 239 g/mol. The predicted molar refractivity (Wildman–Crippen MR) is 54.2 cm³/mol. The monoisotopic (exact) mass is 244 g/mol. The minimum Gasteiger partial charge on any atom is -0.204 e. The molecule has 0 radical (unpaired) electrons. The first-order chi connectivity index (χ1) is 5.68. The van der Waals surface area contributed by atoms with Gasteiger partial charge in [0.15, 0.2) is 5.82 Å². The van der Waals surface area contributed by atoms with Gasteiger partial charge in [0.05, 0.1) is 9.17 Å². The highest BCUT2D eigenvalue weighted by atomic mass is 79.9. The third kappa shape index (κ3) is 1.17. The molecule has 1 heterocycles. The van der Waals surface area contributed by atoms with Crippen LogP contribution in [0.4, 0.5) is 4.39 Å². The van der Waals surface area contributed by atoms with Gasteiger partial charge in [-0.2, -0.15) is 0 Å². The van der Waals surface area contributed by atoms with Gasteiger partial charge in [-0.1, -0.05) is 6.07 Å². The second-order valence-corrected chi connectivity index (χ2v) is 4.75. The second-order valence-electron chi connectivity index (χ2n) is 2.64. The molecule has 0 aliphatic rings. The average molecular weight is 245 g/mol. The molecule has 12 heavy (non-hydrogen) atoms. The van der Waals surface area contributed by atoms with Crippen molar-refractivity contribution in [3.63, 3.8) is 0 Å². The minimum absolute atomic E-state index is 0.148. The van der Waals surface area contributed by atoms with Gasteiger partial charge in [0.25, 0.3) is 0 Å². The summed E-state index contributed by atoms with van der Waals surface area (Å²) in [7, 11) is 0. The fourth-order valence-electron chi connectivity index (χ4n) is 1.17. The summed E-state index contributed by atoms with van der Waals surface area (Å²) in [5, 5.41) is 0.984. The first kappa shape index (κ1) is 8.20. The Hall–Kier alpha value is -0.410. The molecule has 0 N–H and O–H groups in total. The average Bonchev–Trinajstić information content (AvgIpc) is 2.39. The summed E-state index contributed by atoms with van der Waals surface area (Å²) in [5.74, 6) is -0.148. The Balaban J connectivity index is 2.89. The minimum atomic E-state index is -0.148. The van der Waals surface area contributed by atoms with Gasteiger partial charge in [-0.25, -0.2) is 4.39 Å². The number of benzene rings is 1. The van der Waals surface area contributed by atoms with Gasteiger partial charge < -0.3 is 0 Å². The fraction of sp³-hybridized carbons (Fsp3) is 0.111. The molecule has 0 spiro atoms. The van der Waals surface area contributed by atoms with E-state index in [2.05, 4.69) is 15.9 Å². The van der Waals surface area contributed by atoms with Crippen molar-refractivity contribution in [1.82, 2.24) is 0 Å². The molecule has 0 amide bonds. The maximum atomic E-state index is 13.4. The molecule has 0 atom stereocenters. The summed E-state index contributed by atoms with van der Waals surface area (Å²) in [5.41, 5.74) is 0. The number of thiophene rings is 1. The van der Waals surface area contributed by atoms with Crippen LogP contribution in [0.25, 0.3) is 10.1 Å². The zero-order valence-corrected chi connectivity index (χ0v) is 8.80. The van der Waals surface area contributed by atoms with Gasteiger partial charge in [0.1, 0.15) is 0 Å². The summed E-state index contributed by atoms with van der Waals surface area (Å²) in [6.45, 7) is 1.98. The van der Waals surface area contributed by atoms with E-state index in [0.29, 0.717) is 4.47 Å². The Morgan fingerprint density at radius 1 is 1.42 bits per heavy atom. The molecule has 0 saturated heterocycles. The molecule has 2 rings (SSSR count). The summed E-state index contributed by atoms with van der Waals surface area (Å²) < 4.78 is 14.7. The number of fused-ring (bicyclic) bond motifs is 1. The highest BCUT2D eigenvalue weighted by Gasteiger charge is 2.06.